The second kappa shape index (κ2) is 9.32. The van der Waals surface area contributed by atoms with Gasteiger partial charge in [0.1, 0.15) is 0 Å². The van der Waals surface area contributed by atoms with Crippen LogP contribution in [0.1, 0.15) is 40.7 Å². The summed E-state index contributed by atoms with van der Waals surface area (Å²) in [6.45, 7) is 5.54. The molecule has 3 N–H and O–H groups in total. The third kappa shape index (κ3) is 4.69. The third-order valence-electron chi connectivity index (χ3n) is 7.32. The Morgan fingerprint density at radius 3 is 2.69 bits per heavy atom. The van der Waals surface area contributed by atoms with Gasteiger partial charge in [0.15, 0.2) is 0 Å². The maximum atomic E-state index is 12.5. The number of anilines is 2. The number of rotatable bonds is 5. The van der Waals surface area contributed by atoms with Crippen LogP contribution in [0.25, 0.3) is 10.9 Å². The molecule has 1 amide bonds. The van der Waals surface area contributed by atoms with Crippen LogP contribution in [0.5, 0.6) is 0 Å². The molecule has 3 heterocycles. The van der Waals surface area contributed by atoms with E-state index in [0.29, 0.717) is 11.6 Å². The molecule has 0 bridgehead atoms. The van der Waals surface area contributed by atoms with Crippen LogP contribution in [0.15, 0.2) is 45.7 Å². The van der Waals surface area contributed by atoms with Gasteiger partial charge in [-0.3, -0.25) is 14.5 Å². The molecular weight excluding hydrogens is 506 g/mol. The van der Waals surface area contributed by atoms with Gasteiger partial charge < -0.3 is 20.5 Å². The Balaban J connectivity index is 1.11. The van der Waals surface area contributed by atoms with Gasteiger partial charge in [-0.25, -0.2) is 0 Å². The number of benzene rings is 2. The van der Waals surface area contributed by atoms with E-state index in [0.717, 1.165) is 97.3 Å². The summed E-state index contributed by atoms with van der Waals surface area (Å²) in [5, 5.41) is 7.59. The molecule has 2 fully saturated rings. The minimum absolute atomic E-state index is 0.0117. The van der Waals surface area contributed by atoms with E-state index < -0.39 is 0 Å². The molecule has 7 nitrogen and oxygen atoms in total. The van der Waals surface area contributed by atoms with Crippen molar-refractivity contribution in [1.29, 1.82) is 0 Å². The van der Waals surface area contributed by atoms with E-state index >= 15 is 0 Å². The number of fused-ring (bicyclic) bond motifs is 3. The highest BCUT2D eigenvalue weighted by Crippen LogP contribution is 2.30. The third-order valence-corrected chi connectivity index (χ3v) is 7.96. The Hall–Kier alpha value is -2.84. The van der Waals surface area contributed by atoms with Crippen molar-refractivity contribution >= 4 is 44.1 Å². The lowest BCUT2D eigenvalue weighted by atomic mass is 10.0. The van der Waals surface area contributed by atoms with Crippen molar-refractivity contribution in [1.82, 2.24) is 15.2 Å². The van der Waals surface area contributed by atoms with Crippen molar-refractivity contribution in [3.05, 3.63) is 67.9 Å². The highest BCUT2D eigenvalue weighted by molar-refractivity contribution is 9.10. The lowest BCUT2D eigenvalue weighted by molar-refractivity contribution is 0.0951. The van der Waals surface area contributed by atoms with Crippen LogP contribution in [0.4, 0.5) is 11.4 Å². The summed E-state index contributed by atoms with van der Waals surface area (Å²) in [6, 6.07) is 12.7. The highest BCUT2D eigenvalue weighted by Gasteiger charge is 2.25. The molecule has 0 unspecified atom stereocenters. The van der Waals surface area contributed by atoms with Crippen molar-refractivity contribution in [2.45, 2.75) is 38.3 Å². The molecule has 6 rings (SSSR count). The SMILES string of the molecule is O=C(NC1CC1)c1ccc(N2CCN(Cc3ccc4c5c(c(=O)[nH]c4c3)CCCN5)CC2)c(Br)c1. The van der Waals surface area contributed by atoms with Gasteiger partial charge in [0, 0.05) is 66.3 Å². The summed E-state index contributed by atoms with van der Waals surface area (Å²) in [5.74, 6) is 0.0117. The Morgan fingerprint density at radius 1 is 1.09 bits per heavy atom. The standard InChI is InChI=1S/C27H30BrN5O2/c28-22-15-18(26(34)30-19-5-6-19)4-8-24(22)33-12-10-32(11-13-33)16-17-3-7-20-23(14-17)31-27(35)21-2-1-9-29-25(20)21/h3-4,7-8,14-15,19,29H,1-2,5-6,9-13,16H2,(H,30,34)(H,31,35). The number of nitrogens with one attached hydrogen (secondary N) is 3. The van der Waals surface area contributed by atoms with E-state index in [2.05, 4.69) is 65.6 Å². The fourth-order valence-corrected chi connectivity index (χ4v) is 5.84. The number of aromatic amines is 1. The molecular formula is C27H30BrN5O2. The van der Waals surface area contributed by atoms with Gasteiger partial charge in [-0.05, 0) is 71.4 Å². The van der Waals surface area contributed by atoms with Crippen molar-refractivity contribution in [3.63, 3.8) is 0 Å². The zero-order valence-electron chi connectivity index (χ0n) is 19.7. The van der Waals surface area contributed by atoms with Gasteiger partial charge in [-0.1, -0.05) is 12.1 Å². The number of hydrogen-bond acceptors (Lipinski definition) is 5. The average Bonchev–Trinajstić information content (AvgIpc) is 3.69. The van der Waals surface area contributed by atoms with Crippen LogP contribution in [0, 0.1) is 0 Å². The maximum Gasteiger partial charge on any atom is 0.253 e. The molecule has 1 saturated heterocycles. The zero-order valence-corrected chi connectivity index (χ0v) is 21.3. The molecule has 3 aliphatic rings. The van der Waals surface area contributed by atoms with Crippen LogP contribution >= 0.6 is 15.9 Å². The van der Waals surface area contributed by atoms with E-state index in [9.17, 15) is 9.59 Å². The molecule has 0 radical (unpaired) electrons. The molecule has 1 aromatic heterocycles. The number of aromatic nitrogens is 1. The first kappa shape index (κ1) is 22.6. The lowest BCUT2D eigenvalue weighted by Gasteiger charge is -2.36. The van der Waals surface area contributed by atoms with Crippen LogP contribution in [0.2, 0.25) is 0 Å². The Kier molecular flexibility index (Phi) is 6.02. The molecule has 1 aliphatic carbocycles. The van der Waals surface area contributed by atoms with E-state index in [-0.39, 0.29) is 11.5 Å². The van der Waals surface area contributed by atoms with Crippen LogP contribution in [-0.4, -0.2) is 54.6 Å². The first-order chi connectivity index (χ1) is 17.0. The molecule has 2 aliphatic heterocycles. The maximum absolute atomic E-state index is 12.5. The van der Waals surface area contributed by atoms with E-state index in [1.807, 2.05) is 12.1 Å². The summed E-state index contributed by atoms with van der Waals surface area (Å²) < 4.78 is 0.963. The quantitative estimate of drug-likeness (QED) is 0.462. The van der Waals surface area contributed by atoms with Gasteiger partial charge in [0.05, 0.1) is 16.9 Å². The van der Waals surface area contributed by atoms with Crippen molar-refractivity contribution < 1.29 is 4.79 Å². The first-order valence-electron chi connectivity index (χ1n) is 12.5. The summed E-state index contributed by atoms with van der Waals surface area (Å²) in [5.41, 5.74) is 5.89. The normalized spacial score (nSPS) is 18.3. The first-order valence-corrected chi connectivity index (χ1v) is 13.3. The van der Waals surface area contributed by atoms with Crippen molar-refractivity contribution in [2.75, 3.05) is 42.9 Å². The summed E-state index contributed by atoms with van der Waals surface area (Å²) in [6.07, 6.45) is 4.02. The number of amides is 1. The Morgan fingerprint density at radius 2 is 1.91 bits per heavy atom. The van der Waals surface area contributed by atoms with E-state index in [1.165, 1.54) is 5.56 Å². The van der Waals surface area contributed by atoms with Crippen LogP contribution in [-0.2, 0) is 13.0 Å². The smallest absolute Gasteiger partial charge is 0.253 e. The largest absolute Gasteiger partial charge is 0.384 e. The van der Waals surface area contributed by atoms with E-state index in [1.54, 1.807) is 0 Å². The topological polar surface area (TPSA) is 80.5 Å². The number of halogens is 1. The van der Waals surface area contributed by atoms with Gasteiger partial charge >= 0.3 is 0 Å². The van der Waals surface area contributed by atoms with Gasteiger partial charge in [-0.15, -0.1) is 0 Å². The average molecular weight is 536 g/mol. The molecule has 0 spiro atoms. The predicted octanol–water partition coefficient (Wildman–Crippen LogP) is 3.86. The summed E-state index contributed by atoms with van der Waals surface area (Å²) >= 11 is 3.69. The predicted molar refractivity (Wildman–Crippen MR) is 143 cm³/mol. The van der Waals surface area contributed by atoms with Crippen LogP contribution in [0.3, 0.4) is 0 Å². The van der Waals surface area contributed by atoms with E-state index in [4.69, 9.17) is 0 Å². The molecule has 1 saturated carbocycles. The number of nitrogens with zero attached hydrogens (tertiary/aromatic N) is 2. The van der Waals surface area contributed by atoms with Crippen molar-refractivity contribution in [3.8, 4) is 0 Å². The van der Waals surface area contributed by atoms with Crippen molar-refractivity contribution in [2.24, 2.45) is 0 Å². The number of pyridine rings is 1. The monoisotopic (exact) mass is 535 g/mol. The molecule has 182 valence electrons. The molecule has 2 aromatic carbocycles. The Labute approximate surface area is 213 Å². The molecule has 35 heavy (non-hydrogen) atoms. The number of carbonyl (C=O) groups is 1. The Bertz CT molecular complexity index is 1340. The second-order valence-corrected chi connectivity index (χ2v) is 10.7. The fourth-order valence-electron chi connectivity index (χ4n) is 5.21. The van der Waals surface area contributed by atoms with Gasteiger partial charge in [0.2, 0.25) is 0 Å². The van der Waals surface area contributed by atoms with Gasteiger partial charge in [-0.2, -0.15) is 0 Å². The van der Waals surface area contributed by atoms with Crippen LogP contribution < -0.4 is 21.1 Å². The molecule has 8 heteroatoms. The molecule has 0 atom stereocenters. The second-order valence-electron chi connectivity index (χ2n) is 9.90. The minimum atomic E-state index is 0.0117. The minimum Gasteiger partial charge on any atom is -0.384 e. The number of piperazine rings is 1. The van der Waals surface area contributed by atoms with Gasteiger partial charge in [0.25, 0.3) is 11.5 Å². The summed E-state index contributed by atoms with van der Waals surface area (Å²) in [7, 11) is 0. The summed E-state index contributed by atoms with van der Waals surface area (Å²) in [4.78, 5) is 32.8. The number of carbonyl (C=O) groups excluding carboxylic acids is 1. The number of hydrogen-bond donors (Lipinski definition) is 3. The fraction of sp³-hybridized carbons (Fsp3) is 0.407. The number of H-pyrrole nitrogens is 1. The molecule has 3 aromatic rings. The highest BCUT2D eigenvalue weighted by atomic mass is 79.9. The zero-order chi connectivity index (χ0) is 23.9. The lowest BCUT2D eigenvalue weighted by Crippen LogP contribution is -2.46.